The summed E-state index contributed by atoms with van der Waals surface area (Å²) in [7, 11) is 0. The van der Waals surface area contributed by atoms with Crippen LogP contribution >= 0.6 is 0 Å². The van der Waals surface area contributed by atoms with Crippen LogP contribution in [-0.4, -0.2) is 11.3 Å². The maximum atomic E-state index is 9.83. The van der Waals surface area contributed by atoms with Crippen molar-refractivity contribution in [1.82, 2.24) is 4.98 Å². The van der Waals surface area contributed by atoms with Crippen molar-refractivity contribution in [3.8, 4) is 0 Å². The lowest BCUT2D eigenvalue weighted by atomic mass is 10.3. The number of aldehydes is 1. The number of carbonyl (C=O) groups excluding carboxylic acids is 1. The fraction of sp³-hybridized carbons (Fsp3) is 0.333. The lowest BCUT2D eigenvalue weighted by Crippen LogP contribution is -1.83. The van der Waals surface area contributed by atoms with Gasteiger partial charge in [-0.15, -0.1) is 0 Å². The minimum absolute atomic E-state index is 0.487. The summed E-state index contributed by atoms with van der Waals surface area (Å²) in [5.74, 6) is 0.627. The largest absolute Gasteiger partial charge is 0.449 e. The summed E-state index contributed by atoms with van der Waals surface area (Å²) < 4.78 is 4.87. The second kappa shape index (κ2) is 3.02. The summed E-state index contributed by atoms with van der Waals surface area (Å²) in [5, 5.41) is 0. The van der Waals surface area contributed by atoms with Gasteiger partial charge in [-0.25, -0.2) is 4.98 Å². The normalized spacial score (nSPS) is 9.33. The molecule has 0 aliphatic carbocycles. The molecule has 3 nitrogen and oxygen atoms in total. The number of carbonyl (C=O) groups is 1. The molecule has 0 radical (unpaired) electrons. The molecule has 0 aliphatic rings. The quantitative estimate of drug-likeness (QED) is 0.561. The van der Waals surface area contributed by atoms with Gasteiger partial charge in [-0.2, -0.15) is 0 Å². The van der Waals surface area contributed by atoms with E-state index in [9.17, 15) is 4.79 Å². The van der Waals surface area contributed by atoms with E-state index in [2.05, 4.69) is 4.98 Å². The summed E-state index contributed by atoms with van der Waals surface area (Å²) in [5.41, 5.74) is 0. The zero-order chi connectivity index (χ0) is 6.53. The minimum Gasteiger partial charge on any atom is -0.449 e. The molecule has 0 aromatic carbocycles. The lowest BCUT2D eigenvalue weighted by Gasteiger charge is -1.83. The van der Waals surface area contributed by atoms with Crippen LogP contribution in [0.15, 0.2) is 16.9 Å². The van der Waals surface area contributed by atoms with Crippen molar-refractivity contribution < 1.29 is 9.21 Å². The molecular formula is C6H7NO2. The van der Waals surface area contributed by atoms with Gasteiger partial charge in [0, 0.05) is 12.8 Å². The fourth-order valence-corrected chi connectivity index (χ4v) is 0.559. The standard InChI is InChI=1S/C6H7NO2/c8-4-1-2-6-7-3-5-9-6/h3-5H,1-2H2. The number of hydrogen-bond donors (Lipinski definition) is 0. The Morgan fingerprint density at radius 2 is 2.67 bits per heavy atom. The van der Waals surface area contributed by atoms with Crippen LogP contribution in [0.25, 0.3) is 0 Å². The highest BCUT2D eigenvalue weighted by Gasteiger charge is 1.93. The van der Waals surface area contributed by atoms with Crippen molar-refractivity contribution in [2.75, 3.05) is 0 Å². The van der Waals surface area contributed by atoms with Gasteiger partial charge in [-0.05, 0) is 0 Å². The van der Waals surface area contributed by atoms with Gasteiger partial charge in [-0.3, -0.25) is 0 Å². The van der Waals surface area contributed by atoms with E-state index in [1.165, 1.54) is 6.26 Å². The van der Waals surface area contributed by atoms with E-state index < -0.39 is 0 Å². The van der Waals surface area contributed by atoms with Crippen LogP contribution < -0.4 is 0 Å². The minimum atomic E-state index is 0.487. The van der Waals surface area contributed by atoms with E-state index in [-0.39, 0.29) is 0 Å². The van der Waals surface area contributed by atoms with Gasteiger partial charge in [-0.1, -0.05) is 0 Å². The molecular weight excluding hydrogens is 118 g/mol. The number of rotatable bonds is 3. The van der Waals surface area contributed by atoms with E-state index in [1.807, 2.05) is 0 Å². The monoisotopic (exact) mass is 125 g/mol. The number of oxazole rings is 1. The fourth-order valence-electron chi connectivity index (χ4n) is 0.559. The van der Waals surface area contributed by atoms with E-state index in [0.29, 0.717) is 18.7 Å². The van der Waals surface area contributed by atoms with Crippen LogP contribution in [0.4, 0.5) is 0 Å². The van der Waals surface area contributed by atoms with E-state index in [0.717, 1.165) is 6.29 Å². The molecule has 0 saturated carbocycles. The van der Waals surface area contributed by atoms with Crippen molar-refractivity contribution in [1.29, 1.82) is 0 Å². The van der Waals surface area contributed by atoms with Gasteiger partial charge in [0.1, 0.15) is 12.5 Å². The third-order valence-electron chi connectivity index (χ3n) is 0.960. The Morgan fingerprint density at radius 1 is 1.78 bits per heavy atom. The van der Waals surface area contributed by atoms with Crippen LogP contribution in [0.1, 0.15) is 12.3 Å². The smallest absolute Gasteiger partial charge is 0.194 e. The summed E-state index contributed by atoms with van der Waals surface area (Å²) in [4.78, 5) is 13.7. The summed E-state index contributed by atoms with van der Waals surface area (Å²) >= 11 is 0. The molecule has 48 valence electrons. The molecule has 1 rings (SSSR count). The van der Waals surface area contributed by atoms with Gasteiger partial charge in [0.15, 0.2) is 5.89 Å². The molecule has 0 spiro atoms. The highest BCUT2D eigenvalue weighted by atomic mass is 16.3. The van der Waals surface area contributed by atoms with Crippen LogP contribution in [0.5, 0.6) is 0 Å². The molecule has 0 amide bonds. The molecule has 0 saturated heterocycles. The van der Waals surface area contributed by atoms with Gasteiger partial charge in [0.05, 0.1) is 6.20 Å². The molecule has 0 bridgehead atoms. The highest BCUT2D eigenvalue weighted by molar-refractivity contribution is 5.49. The summed E-state index contributed by atoms with van der Waals surface area (Å²) in [6, 6.07) is 0. The zero-order valence-electron chi connectivity index (χ0n) is 4.91. The molecule has 0 unspecified atom stereocenters. The van der Waals surface area contributed by atoms with E-state index in [1.54, 1.807) is 6.20 Å². The first-order valence-corrected chi connectivity index (χ1v) is 2.75. The first kappa shape index (κ1) is 6.01. The predicted octanol–water partition coefficient (Wildman–Crippen LogP) is 0.806. The molecule has 0 aliphatic heterocycles. The van der Waals surface area contributed by atoms with Gasteiger partial charge in [0.2, 0.25) is 0 Å². The Kier molecular flexibility index (Phi) is 2.01. The molecule has 9 heavy (non-hydrogen) atoms. The van der Waals surface area contributed by atoms with Crippen LogP contribution in [-0.2, 0) is 11.2 Å². The number of aromatic nitrogens is 1. The topological polar surface area (TPSA) is 43.1 Å². The Hall–Kier alpha value is -1.12. The Morgan fingerprint density at radius 3 is 3.22 bits per heavy atom. The number of hydrogen-bond acceptors (Lipinski definition) is 3. The van der Waals surface area contributed by atoms with Crippen molar-refractivity contribution in [3.63, 3.8) is 0 Å². The zero-order valence-corrected chi connectivity index (χ0v) is 4.91. The first-order valence-electron chi connectivity index (χ1n) is 2.75. The average Bonchev–Trinajstić information content (AvgIpc) is 2.34. The highest BCUT2D eigenvalue weighted by Crippen LogP contribution is 1.96. The van der Waals surface area contributed by atoms with Gasteiger partial charge >= 0.3 is 0 Å². The third kappa shape index (κ3) is 1.68. The number of aryl methyl sites for hydroxylation is 1. The SMILES string of the molecule is O=CCCc1ncco1. The van der Waals surface area contributed by atoms with Crippen LogP contribution in [0.3, 0.4) is 0 Å². The van der Waals surface area contributed by atoms with Crippen LogP contribution in [0.2, 0.25) is 0 Å². The van der Waals surface area contributed by atoms with E-state index >= 15 is 0 Å². The predicted molar refractivity (Wildman–Crippen MR) is 30.9 cm³/mol. The van der Waals surface area contributed by atoms with E-state index in [4.69, 9.17) is 4.42 Å². The molecule has 1 heterocycles. The van der Waals surface area contributed by atoms with Crippen molar-refractivity contribution >= 4 is 6.29 Å². The molecule has 0 fully saturated rings. The van der Waals surface area contributed by atoms with Gasteiger partial charge in [0.25, 0.3) is 0 Å². The molecule has 1 aromatic rings. The first-order chi connectivity index (χ1) is 4.43. The molecule has 0 atom stereocenters. The molecule has 3 heteroatoms. The van der Waals surface area contributed by atoms with Gasteiger partial charge < -0.3 is 9.21 Å². The Bertz CT molecular complexity index is 169. The summed E-state index contributed by atoms with van der Waals surface area (Å²) in [6.45, 7) is 0. The Balaban J connectivity index is 2.38. The van der Waals surface area contributed by atoms with Crippen molar-refractivity contribution in [2.24, 2.45) is 0 Å². The third-order valence-corrected chi connectivity index (χ3v) is 0.960. The maximum Gasteiger partial charge on any atom is 0.194 e. The summed E-state index contributed by atoms with van der Waals surface area (Å²) in [6.07, 6.45) is 5.02. The Labute approximate surface area is 52.7 Å². The molecule has 0 N–H and O–H groups in total. The molecule has 1 aromatic heterocycles. The maximum absolute atomic E-state index is 9.83. The van der Waals surface area contributed by atoms with Crippen molar-refractivity contribution in [3.05, 3.63) is 18.4 Å². The second-order valence-corrected chi connectivity index (χ2v) is 1.63. The van der Waals surface area contributed by atoms with Crippen LogP contribution in [0, 0.1) is 0 Å². The second-order valence-electron chi connectivity index (χ2n) is 1.63. The van der Waals surface area contributed by atoms with Crippen molar-refractivity contribution in [2.45, 2.75) is 12.8 Å². The lowest BCUT2D eigenvalue weighted by molar-refractivity contribution is -0.107. The number of nitrogens with zero attached hydrogens (tertiary/aromatic N) is 1. The average molecular weight is 125 g/mol.